The van der Waals surface area contributed by atoms with Gasteiger partial charge in [-0.15, -0.1) is 0 Å². The maximum absolute atomic E-state index is 13.4. The Labute approximate surface area is 107 Å². The molecule has 1 aromatic heterocycles. The van der Waals surface area contributed by atoms with Gasteiger partial charge in [0.15, 0.2) is 17.4 Å². The molecule has 0 aliphatic rings. The van der Waals surface area contributed by atoms with E-state index in [2.05, 4.69) is 10.1 Å². The van der Waals surface area contributed by atoms with Gasteiger partial charge in [0, 0.05) is 12.3 Å². The van der Waals surface area contributed by atoms with Crippen molar-refractivity contribution in [3.63, 3.8) is 0 Å². The van der Waals surface area contributed by atoms with Gasteiger partial charge >= 0.3 is 0 Å². The van der Waals surface area contributed by atoms with E-state index in [1.165, 1.54) is 30.5 Å². The third-order valence-corrected chi connectivity index (χ3v) is 2.25. The summed E-state index contributed by atoms with van der Waals surface area (Å²) < 4.78 is 31.6. The quantitative estimate of drug-likeness (QED) is 0.386. The summed E-state index contributed by atoms with van der Waals surface area (Å²) in [5.74, 6) is -2.41. The van der Waals surface area contributed by atoms with Gasteiger partial charge in [-0.25, -0.2) is 4.39 Å². The Morgan fingerprint density at radius 2 is 2.11 bits per heavy atom. The lowest BCUT2D eigenvalue weighted by Gasteiger charge is -2.07. The number of hydrogen-bond donors (Lipinski definition) is 2. The van der Waals surface area contributed by atoms with E-state index in [1.54, 1.807) is 0 Å². The predicted octanol–water partition coefficient (Wildman–Crippen LogP) is 2.25. The molecule has 0 spiro atoms. The fourth-order valence-electron chi connectivity index (χ4n) is 1.36. The standard InChI is InChI=1S/C12H9F2N3O2/c13-8-2-1-3-10(11(8)14)19-7-4-5-16-9(6-7)12(15)17-18/h1-6,18H,(H2,15,17). The molecule has 0 unspecified atom stereocenters. The van der Waals surface area contributed by atoms with Gasteiger partial charge in [-0.1, -0.05) is 11.2 Å². The highest BCUT2D eigenvalue weighted by molar-refractivity contribution is 5.95. The summed E-state index contributed by atoms with van der Waals surface area (Å²) in [6.07, 6.45) is 1.33. The van der Waals surface area contributed by atoms with Crippen LogP contribution < -0.4 is 10.5 Å². The van der Waals surface area contributed by atoms with E-state index in [0.717, 1.165) is 6.07 Å². The van der Waals surface area contributed by atoms with Gasteiger partial charge in [-0.3, -0.25) is 4.98 Å². The number of rotatable bonds is 3. The van der Waals surface area contributed by atoms with Crippen LogP contribution in [0.4, 0.5) is 8.78 Å². The number of amidine groups is 1. The number of halogens is 2. The normalized spacial score (nSPS) is 11.4. The Hall–Kier alpha value is -2.70. The molecule has 2 aromatic rings. The minimum absolute atomic E-state index is 0.150. The first-order valence-corrected chi connectivity index (χ1v) is 5.17. The summed E-state index contributed by atoms with van der Waals surface area (Å²) in [6, 6.07) is 6.34. The molecular formula is C12H9F2N3O2. The molecule has 1 heterocycles. The Balaban J connectivity index is 2.31. The lowest BCUT2D eigenvalue weighted by Crippen LogP contribution is -2.14. The average Bonchev–Trinajstić information content (AvgIpc) is 2.43. The minimum atomic E-state index is -1.09. The van der Waals surface area contributed by atoms with Crippen LogP contribution in [0.25, 0.3) is 0 Å². The molecule has 0 saturated heterocycles. The van der Waals surface area contributed by atoms with Crippen molar-refractivity contribution in [2.45, 2.75) is 0 Å². The molecule has 0 atom stereocenters. The zero-order chi connectivity index (χ0) is 13.8. The van der Waals surface area contributed by atoms with E-state index >= 15 is 0 Å². The molecule has 5 nitrogen and oxygen atoms in total. The summed E-state index contributed by atoms with van der Waals surface area (Å²) in [5, 5.41) is 11.3. The number of hydrogen-bond acceptors (Lipinski definition) is 4. The second kappa shape index (κ2) is 5.30. The highest BCUT2D eigenvalue weighted by Gasteiger charge is 2.10. The molecule has 19 heavy (non-hydrogen) atoms. The zero-order valence-corrected chi connectivity index (χ0v) is 9.55. The molecule has 2 rings (SSSR count). The van der Waals surface area contributed by atoms with Crippen LogP contribution in [0.1, 0.15) is 5.69 Å². The average molecular weight is 265 g/mol. The third-order valence-electron chi connectivity index (χ3n) is 2.25. The fraction of sp³-hybridized carbons (Fsp3) is 0. The number of benzene rings is 1. The molecular weight excluding hydrogens is 256 g/mol. The maximum atomic E-state index is 13.4. The SMILES string of the molecule is NC(=NO)c1cc(Oc2cccc(F)c2F)ccn1. The summed E-state index contributed by atoms with van der Waals surface area (Å²) in [5.41, 5.74) is 5.51. The van der Waals surface area contributed by atoms with E-state index in [4.69, 9.17) is 15.7 Å². The summed E-state index contributed by atoms with van der Waals surface area (Å²) in [6.45, 7) is 0. The summed E-state index contributed by atoms with van der Waals surface area (Å²) in [7, 11) is 0. The van der Waals surface area contributed by atoms with Crippen molar-refractivity contribution in [2.75, 3.05) is 0 Å². The molecule has 7 heteroatoms. The number of nitrogens with two attached hydrogens (primary N) is 1. The third kappa shape index (κ3) is 2.76. The lowest BCUT2D eigenvalue weighted by atomic mass is 10.3. The molecule has 0 aliphatic heterocycles. The second-order valence-corrected chi connectivity index (χ2v) is 3.52. The molecule has 1 aromatic carbocycles. The molecule has 0 amide bonds. The number of oxime groups is 1. The first kappa shape index (κ1) is 12.7. The van der Waals surface area contributed by atoms with Crippen molar-refractivity contribution in [2.24, 2.45) is 10.9 Å². The van der Waals surface area contributed by atoms with Crippen LogP contribution in [0.5, 0.6) is 11.5 Å². The van der Waals surface area contributed by atoms with E-state index < -0.39 is 11.6 Å². The smallest absolute Gasteiger partial charge is 0.201 e. The number of pyridine rings is 1. The summed E-state index contributed by atoms with van der Waals surface area (Å²) >= 11 is 0. The molecule has 0 aliphatic carbocycles. The van der Waals surface area contributed by atoms with Crippen LogP contribution in [0.2, 0.25) is 0 Å². The minimum Gasteiger partial charge on any atom is -0.454 e. The van der Waals surface area contributed by atoms with Gasteiger partial charge in [0.05, 0.1) is 0 Å². The van der Waals surface area contributed by atoms with Gasteiger partial charge in [-0.2, -0.15) is 4.39 Å². The van der Waals surface area contributed by atoms with Gasteiger partial charge in [0.25, 0.3) is 0 Å². The van der Waals surface area contributed by atoms with Crippen LogP contribution >= 0.6 is 0 Å². The van der Waals surface area contributed by atoms with Crippen molar-refractivity contribution in [3.05, 3.63) is 53.9 Å². The Morgan fingerprint density at radius 1 is 1.32 bits per heavy atom. The van der Waals surface area contributed by atoms with Crippen molar-refractivity contribution < 1.29 is 18.7 Å². The Morgan fingerprint density at radius 3 is 2.84 bits per heavy atom. The predicted molar refractivity (Wildman–Crippen MR) is 63.2 cm³/mol. The van der Waals surface area contributed by atoms with Crippen molar-refractivity contribution >= 4 is 5.84 Å². The van der Waals surface area contributed by atoms with E-state index in [-0.39, 0.29) is 23.0 Å². The first-order valence-electron chi connectivity index (χ1n) is 5.17. The van der Waals surface area contributed by atoms with Crippen molar-refractivity contribution in [1.82, 2.24) is 4.98 Å². The van der Waals surface area contributed by atoms with Gasteiger partial charge < -0.3 is 15.7 Å². The summed E-state index contributed by atoms with van der Waals surface area (Å²) in [4.78, 5) is 3.83. The van der Waals surface area contributed by atoms with Gasteiger partial charge in [-0.05, 0) is 18.2 Å². The highest BCUT2D eigenvalue weighted by atomic mass is 19.2. The second-order valence-electron chi connectivity index (χ2n) is 3.52. The Kier molecular flexibility index (Phi) is 3.56. The number of ether oxygens (including phenoxy) is 1. The first-order chi connectivity index (χ1) is 9.11. The fourth-order valence-corrected chi connectivity index (χ4v) is 1.36. The molecule has 0 bridgehead atoms. The van der Waals surface area contributed by atoms with Crippen molar-refractivity contribution in [1.29, 1.82) is 0 Å². The van der Waals surface area contributed by atoms with Crippen LogP contribution in [0, 0.1) is 11.6 Å². The van der Waals surface area contributed by atoms with E-state index in [0.29, 0.717) is 0 Å². The highest BCUT2D eigenvalue weighted by Crippen LogP contribution is 2.25. The maximum Gasteiger partial charge on any atom is 0.201 e. The topological polar surface area (TPSA) is 80.7 Å². The van der Waals surface area contributed by atoms with E-state index in [9.17, 15) is 8.78 Å². The molecule has 3 N–H and O–H groups in total. The van der Waals surface area contributed by atoms with Crippen LogP contribution in [-0.4, -0.2) is 16.0 Å². The Bertz CT molecular complexity index is 632. The number of nitrogens with zero attached hydrogens (tertiary/aromatic N) is 2. The van der Waals surface area contributed by atoms with Crippen molar-refractivity contribution in [3.8, 4) is 11.5 Å². The number of aromatic nitrogens is 1. The van der Waals surface area contributed by atoms with E-state index in [1.807, 2.05) is 0 Å². The molecule has 0 fully saturated rings. The van der Waals surface area contributed by atoms with Gasteiger partial charge in [0.2, 0.25) is 5.82 Å². The van der Waals surface area contributed by atoms with Crippen LogP contribution in [0.3, 0.4) is 0 Å². The molecule has 0 radical (unpaired) electrons. The monoisotopic (exact) mass is 265 g/mol. The molecule has 98 valence electrons. The lowest BCUT2D eigenvalue weighted by molar-refractivity contribution is 0.318. The zero-order valence-electron chi connectivity index (χ0n) is 9.55. The van der Waals surface area contributed by atoms with Crippen LogP contribution in [0.15, 0.2) is 41.7 Å². The largest absolute Gasteiger partial charge is 0.454 e. The molecule has 0 saturated carbocycles. The van der Waals surface area contributed by atoms with Crippen LogP contribution in [-0.2, 0) is 0 Å². The van der Waals surface area contributed by atoms with Gasteiger partial charge in [0.1, 0.15) is 11.4 Å².